The van der Waals surface area contributed by atoms with E-state index in [2.05, 4.69) is 0 Å². The molecule has 78 valence electrons. The second-order valence-electron chi connectivity index (χ2n) is 3.38. The molecule has 0 amide bonds. The molecule has 0 saturated heterocycles. The van der Waals surface area contributed by atoms with Crippen molar-refractivity contribution in [3.63, 3.8) is 0 Å². The van der Waals surface area contributed by atoms with Crippen molar-refractivity contribution in [2.45, 2.75) is 13.5 Å². The van der Waals surface area contributed by atoms with Crippen LogP contribution in [0.1, 0.15) is 6.92 Å². The van der Waals surface area contributed by atoms with Gasteiger partial charge in [-0.2, -0.15) is 0 Å². The Bertz CT molecular complexity index is 474. The summed E-state index contributed by atoms with van der Waals surface area (Å²) < 4.78 is 2.03. The molecule has 2 rings (SSSR count). The summed E-state index contributed by atoms with van der Waals surface area (Å²) in [5.74, 6) is 0.175. The largest absolute Gasteiger partial charge is 0.508 e. The molecule has 2 N–H and O–H groups in total. The maximum absolute atomic E-state index is 9.71. The van der Waals surface area contributed by atoms with Gasteiger partial charge in [0.25, 0.3) is 0 Å². The van der Waals surface area contributed by atoms with Crippen LogP contribution in [0, 0.1) is 0 Å². The molecule has 0 bridgehead atoms. The number of rotatable bonds is 2. The number of hydrogen-bond donors (Lipinski definition) is 2. The Morgan fingerprint density at radius 2 is 2.00 bits per heavy atom. The van der Waals surface area contributed by atoms with Crippen LogP contribution in [0.15, 0.2) is 36.5 Å². The van der Waals surface area contributed by atoms with Crippen molar-refractivity contribution < 1.29 is 10.2 Å². The number of phenols is 2. The first-order valence-electron chi connectivity index (χ1n) is 4.90. The van der Waals surface area contributed by atoms with Crippen LogP contribution in [0.5, 0.6) is 11.5 Å². The number of hydrogen-bond acceptors (Lipinski definition) is 2. The van der Waals surface area contributed by atoms with Gasteiger partial charge in [-0.3, -0.25) is 0 Å². The second-order valence-corrected chi connectivity index (χ2v) is 3.38. The zero-order chi connectivity index (χ0) is 10.8. The summed E-state index contributed by atoms with van der Waals surface area (Å²) in [7, 11) is 0. The Labute approximate surface area is 88.2 Å². The Balaban J connectivity index is 2.54. The molecule has 1 aromatic carbocycles. The van der Waals surface area contributed by atoms with Gasteiger partial charge in [-0.05, 0) is 31.2 Å². The van der Waals surface area contributed by atoms with E-state index in [9.17, 15) is 10.2 Å². The Morgan fingerprint density at radius 1 is 1.20 bits per heavy atom. The van der Waals surface area contributed by atoms with Crippen LogP contribution >= 0.6 is 0 Å². The third kappa shape index (κ3) is 1.68. The van der Waals surface area contributed by atoms with Gasteiger partial charge in [0.15, 0.2) is 0 Å². The average molecular weight is 203 g/mol. The van der Waals surface area contributed by atoms with Crippen LogP contribution in [0.25, 0.3) is 11.3 Å². The third-order valence-corrected chi connectivity index (χ3v) is 2.43. The van der Waals surface area contributed by atoms with Crippen molar-refractivity contribution in [2.75, 3.05) is 0 Å². The van der Waals surface area contributed by atoms with Crippen molar-refractivity contribution in [3.05, 3.63) is 36.5 Å². The average Bonchev–Trinajstić information content (AvgIpc) is 2.65. The summed E-state index contributed by atoms with van der Waals surface area (Å²) in [5.41, 5.74) is 1.69. The number of aryl methyl sites for hydroxylation is 1. The summed E-state index contributed by atoms with van der Waals surface area (Å²) in [6.45, 7) is 2.89. The molecule has 0 spiro atoms. The fourth-order valence-corrected chi connectivity index (χ4v) is 1.67. The molecule has 0 saturated carbocycles. The molecule has 0 aliphatic rings. The molecule has 0 atom stereocenters. The first-order chi connectivity index (χ1) is 7.22. The van der Waals surface area contributed by atoms with Gasteiger partial charge in [-0.1, -0.05) is 0 Å². The fourth-order valence-electron chi connectivity index (χ4n) is 1.67. The highest BCUT2D eigenvalue weighted by Gasteiger charge is 2.08. The Morgan fingerprint density at radius 3 is 2.67 bits per heavy atom. The number of phenolic OH excluding ortho intramolecular Hbond substituents is 2. The zero-order valence-corrected chi connectivity index (χ0v) is 8.51. The van der Waals surface area contributed by atoms with Gasteiger partial charge in [0.2, 0.25) is 0 Å². The topological polar surface area (TPSA) is 45.4 Å². The lowest BCUT2D eigenvalue weighted by atomic mass is 10.1. The lowest BCUT2D eigenvalue weighted by Gasteiger charge is -2.08. The molecule has 3 heteroatoms. The van der Waals surface area contributed by atoms with Gasteiger partial charge in [0, 0.05) is 24.4 Å². The van der Waals surface area contributed by atoms with E-state index in [4.69, 9.17) is 0 Å². The van der Waals surface area contributed by atoms with Gasteiger partial charge in [-0.25, -0.2) is 0 Å². The number of aromatic nitrogens is 1. The summed E-state index contributed by atoms with van der Waals surface area (Å²) in [6, 6.07) is 8.51. The highest BCUT2D eigenvalue weighted by Crippen LogP contribution is 2.32. The molecular formula is C12H13NO2. The van der Waals surface area contributed by atoms with Gasteiger partial charge < -0.3 is 14.8 Å². The number of benzene rings is 1. The Hall–Kier alpha value is -1.90. The smallest absolute Gasteiger partial charge is 0.128 e. The number of nitrogens with zero attached hydrogens (tertiary/aromatic N) is 1. The highest BCUT2D eigenvalue weighted by atomic mass is 16.3. The fraction of sp³-hybridized carbons (Fsp3) is 0.167. The first-order valence-corrected chi connectivity index (χ1v) is 4.90. The third-order valence-electron chi connectivity index (χ3n) is 2.43. The van der Waals surface area contributed by atoms with Crippen molar-refractivity contribution in [2.24, 2.45) is 0 Å². The summed E-state index contributed by atoms with van der Waals surface area (Å²) in [5, 5.41) is 18.9. The van der Waals surface area contributed by atoms with Gasteiger partial charge in [-0.15, -0.1) is 0 Å². The molecule has 0 aliphatic carbocycles. The van der Waals surface area contributed by atoms with Crippen LogP contribution in [0.3, 0.4) is 0 Å². The monoisotopic (exact) mass is 203 g/mol. The van der Waals surface area contributed by atoms with E-state index in [0.29, 0.717) is 0 Å². The first kappa shape index (κ1) is 9.65. The number of aromatic hydroxyl groups is 2. The predicted molar refractivity (Wildman–Crippen MR) is 58.9 cm³/mol. The minimum absolute atomic E-state index is 0.0749. The molecule has 2 aromatic rings. The maximum Gasteiger partial charge on any atom is 0.128 e. The minimum atomic E-state index is 0.0749. The van der Waals surface area contributed by atoms with Crippen molar-refractivity contribution in [3.8, 4) is 22.8 Å². The minimum Gasteiger partial charge on any atom is -0.508 e. The van der Waals surface area contributed by atoms with Crippen LogP contribution < -0.4 is 0 Å². The van der Waals surface area contributed by atoms with Crippen molar-refractivity contribution in [1.82, 2.24) is 4.57 Å². The normalized spacial score (nSPS) is 10.5. The molecule has 0 radical (unpaired) electrons. The summed E-state index contributed by atoms with van der Waals surface area (Å²) in [4.78, 5) is 0. The standard InChI is InChI=1S/C12H13NO2/c1-2-13-7-3-4-11(13)10-6-5-9(14)8-12(10)15/h3-8,14-15H,2H2,1H3. The quantitative estimate of drug-likeness (QED) is 0.788. The molecule has 0 fully saturated rings. The van der Waals surface area contributed by atoms with Crippen LogP contribution in [-0.4, -0.2) is 14.8 Å². The zero-order valence-electron chi connectivity index (χ0n) is 8.51. The molecule has 0 aliphatic heterocycles. The maximum atomic E-state index is 9.71. The van der Waals surface area contributed by atoms with Crippen LogP contribution in [-0.2, 0) is 6.54 Å². The van der Waals surface area contributed by atoms with Crippen molar-refractivity contribution in [1.29, 1.82) is 0 Å². The summed E-state index contributed by atoms with van der Waals surface area (Å²) in [6.07, 6.45) is 1.96. The molecular weight excluding hydrogens is 190 g/mol. The molecule has 15 heavy (non-hydrogen) atoms. The van der Waals surface area contributed by atoms with E-state index in [1.807, 2.05) is 29.8 Å². The van der Waals surface area contributed by atoms with E-state index >= 15 is 0 Å². The SMILES string of the molecule is CCn1cccc1-c1ccc(O)cc1O. The van der Waals surface area contributed by atoms with E-state index in [1.54, 1.807) is 12.1 Å². The predicted octanol–water partition coefficient (Wildman–Crippen LogP) is 2.59. The lowest BCUT2D eigenvalue weighted by Crippen LogP contribution is -1.94. The molecule has 1 aromatic heterocycles. The van der Waals surface area contributed by atoms with E-state index < -0.39 is 0 Å². The second kappa shape index (κ2) is 3.69. The van der Waals surface area contributed by atoms with E-state index in [0.717, 1.165) is 17.8 Å². The van der Waals surface area contributed by atoms with Gasteiger partial charge in [0.05, 0.1) is 5.69 Å². The molecule has 0 unspecified atom stereocenters. The highest BCUT2D eigenvalue weighted by molar-refractivity contribution is 5.68. The van der Waals surface area contributed by atoms with E-state index in [1.165, 1.54) is 6.07 Å². The van der Waals surface area contributed by atoms with Gasteiger partial charge in [0.1, 0.15) is 11.5 Å². The molecule has 3 nitrogen and oxygen atoms in total. The Kier molecular flexibility index (Phi) is 2.37. The summed E-state index contributed by atoms with van der Waals surface area (Å²) >= 11 is 0. The van der Waals surface area contributed by atoms with Crippen LogP contribution in [0.4, 0.5) is 0 Å². The van der Waals surface area contributed by atoms with Gasteiger partial charge >= 0.3 is 0 Å². The lowest BCUT2D eigenvalue weighted by molar-refractivity contribution is 0.451. The van der Waals surface area contributed by atoms with Crippen molar-refractivity contribution >= 4 is 0 Å². The van der Waals surface area contributed by atoms with E-state index in [-0.39, 0.29) is 11.5 Å². The van der Waals surface area contributed by atoms with Crippen LogP contribution in [0.2, 0.25) is 0 Å². The molecule has 1 heterocycles.